The van der Waals surface area contributed by atoms with Crippen LogP contribution >= 0.6 is 12.2 Å². The highest BCUT2D eigenvalue weighted by Crippen LogP contribution is 2.00. The molecule has 0 amide bonds. The lowest BCUT2D eigenvalue weighted by atomic mass is 10.4. The third kappa shape index (κ3) is 1.31. The molecule has 5 nitrogen and oxygen atoms in total. The first kappa shape index (κ1) is 7.93. The van der Waals surface area contributed by atoms with E-state index in [0.717, 1.165) is 0 Å². The molecule has 0 atom stereocenters. The Balaban J connectivity index is 3.12. The molecule has 2 rings (SSSR count). The van der Waals surface area contributed by atoms with Crippen LogP contribution in [0.25, 0.3) is 11.1 Å². The van der Waals surface area contributed by atoms with Crippen LogP contribution in [0.2, 0.25) is 0 Å². The monoisotopic (exact) mass is 196 g/mol. The molecular formula is C7H4N2O3S. The summed E-state index contributed by atoms with van der Waals surface area (Å²) in [5.41, 5.74) is -0.799. The summed E-state index contributed by atoms with van der Waals surface area (Å²) in [5.74, 6) is 0. The second-order valence-corrected chi connectivity index (χ2v) is 2.81. The number of aromatic nitrogens is 2. The fourth-order valence-corrected chi connectivity index (χ4v) is 1.18. The van der Waals surface area contributed by atoms with Crippen LogP contribution in [0.5, 0.6) is 0 Å². The zero-order valence-corrected chi connectivity index (χ0v) is 7.10. The molecule has 0 unspecified atom stereocenters. The lowest BCUT2D eigenvalue weighted by molar-refractivity contribution is 0.547. The standard InChI is InChI=1S/C7H4N2O3S/c10-4-2-1-3-5(11)8-7(13)9-6(3)12-4/h1-2H,(H2,8,9,11,13). The van der Waals surface area contributed by atoms with Gasteiger partial charge in [-0.25, -0.2) is 4.79 Å². The quantitative estimate of drug-likeness (QED) is 0.603. The smallest absolute Gasteiger partial charge is 0.337 e. The van der Waals surface area contributed by atoms with E-state index in [1.165, 1.54) is 12.1 Å². The second-order valence-electron chi connectivity index (χ2n) is 2.41. The summed E-state index contributed by atoms with van der Waals surface area (Å²) in [7, 11) is 0. The highest BCUT2D eigenvalue weighted by atomic mass is 32.1. The van der Waals surface area contributed by atoms with Gasteiger partial charge in [-0.05, 0) is 18.3 Å². The number of H-pyrrole nitrogens is 2. The average Bonchev–Trinajstić information content (AvgIpc) is 2.02. The second kappa shape index (κ2) is 2.67. The van der Waals surface area contributed by atoms with Crippen LogP contribution in [0.4, 0.5) is 0 Å². The van der Waals surface area contributed by atoms with Gasteiger partial charge in [-0.3, -0.25) is 9.78 Å². The summed E-state index contributed by atoms with van der Waals surface area (Å²) >= 11 is 4.70. The number of aromatic amines is 2. The molecule has 0 aromatic carbocycles. The Morgan fingerprint density at radius 2 is 2.00 bits per heavy atom. The number of hydrogen-bond donors (Lipinski definition) is 2. The van der Waals surface area contributed by atoms with Crippen LogP contribution in [0.1, 0.15) is 0 Å². The molecule has 0 spiro atoms. The van der Waals surface area contributed by atoms with Crippen LogP contribution in [0.3, 0.4) is 0 Å². The fraction of sp³-hybridized carbons (Fsp3) is 0. The molecule has 2 aromatic rings. The molecule has 0 saturated heterocycles. The predicted octanol–water partition coefficient (Wildman–Crippen LogP) is 0.539. The summed E-state index contributed by atoms with van der Waals surface area (Å²) in [6, 6.07) is 2.56. The van der Waals surface area contributed by atoms with Gasteiger partial charge in [0.15, 0.2) is 4.77 Å². The highest BCUT2D eigenvalue weighted by Gasteiger charge is 2.00. The molecule has 0 aliphatic rings. The van der Waals surface area contributed by atoms with E-state index in [0.29, 0.717) is 0 Å². The van der Waals surface area contributed by atoms with E-state index in [4.69, 9.17) is 16.6 Å². The maximum Gasteiger partial charge on any atom is 0.337 e. The van der Waals surface area contributed by atoms with Crippen LogP contribution < -0.4 is 11.2 Å². The van der Waals surface area contributed by atoms with Gasteiger partial charge < -0.3 is 9.40 Å². The van der Waals surface area contributed by atoms with Crippen molar-refractivity contribution >= 4 is 23.3 Å². The Morgan fingerprint density at radius 3 is 2.77 bits per heavy atom. The maximum atomic E-state index is 11.2. The maximum absolute atomic E-state index is 11.2. The van der Waals surface area contributed by atoms with Gasteiger partial charge in [0.2, 0.25) is 5.71 Å². The summed E-state index contributed by atoms with van der Waals surface area (Å²) in [6.45, 7) is 0. The Morgan fingerprint density at radius 1 is 1.23 bits per heavy atom. The van der Waals surface area contributed by atoms with E-state index in [-0.39, 0.29) is 21.4 Å². The summed E-state index contributed by atoms with van der Waals surface area (Å²) in [4.78, 5) is 26.9. The lowest BCUT2D eigenvalue weighted by Crippen LogP contribution is -2.09. The van der Waals surface area contributed by atoms with Gasteiger partial charge >= 0.3 is 5.63 Å². The van der Waals surface area contributed by atoms with E-state index >= 15 is 0 Å². The fourth-order valence-electron chi connectivity index (χ4n) is 0.993. The van der Waals surface area contributed by atoms with Crippen LogP contribution in [0, 0.1) is 4.77 Å². The SMILES string of the molecule is O=c1ccc2c(=O)[nH]c(=S)[nH]c2o1. The van der Waals surface area contributed by atoms with Crippen molar-refractivity contribution in [3.8, 4) is 0 Å². The third-order valence-electron chi connectivity index (χ3n) is 1.53. The molecule has 2 N–H and O–H groups in total. The number of nitrogens with one attached hydrogen (secondary N) is 2. The predicted molar refractivity (Wildman–Crippen MR) is 48.3 cm³/mol. The van der Waals surface area contributed by atoms with Crippen molar-refractivity contribution < 1.29 is 4.42 Å². The average molecular weight is 196 g/mol. The molecule has 66 valence electrons. The Labute approximate surface area is 76.0 Å². The van der Waals surface area contributed by atoms with Gasteiger partial charge in [-0.2, -0.15) is 0 Å². The molecule has 0 saturated carbocycles. The van der Waals surface area contributed by atoms with Crippen molar-refractivity contribution in [3.05, 3.63) is 37.7 Å². The number of rotatable bonds is 0. The molecule has 0 fully saturated rings. The van der Waals surface area contributed by atoms with Gasteiger partial charge in [0.1, 0.15) is 5.39 Å². The minimum Gasteiger partial charge on any atom is -0.405 e. The van der Waals surface area contributed by atoms with Gasteiger partial charge in [-0.15, -0.1) is 0 Å². The van der Waals surface area contributed by atoms with E-state index in [1.807, 2.05) is 0 Å². The summed E-state index contributed by atoms with van der Waals surface area (Å²) in [6.07, 6.45) is 0. The molecule has 13 heavy (non-hydrogen) atoms. The summed E-state index contributed by atoms with van der Waals surface area (Å²) < 4.78 is 4.86. The zero-order valence-electron chi connectivity index (χ0n) is 6.29. The van der Waals surface area contributed by atoms with Crippen molar-refractivity contribution in [1.82, 2.24) is 9.97 Å². The molecule has 2 aromatic heterocycles. The molecule has 0 radical (unpaired) electrons. The largest absolute Gasteiger partial charge is 0.405 e. The van der Waals surface area contributed by atoms with E-state index in [9.17, 15) is 9.59 Å². The number of hydrogen-bond acceptors (Lipinski definition) is 4. The first-order chi connectivity index (χ1) is 6.16. The van der Waals surface area contributed by atoms with Crippen LogP contribution in [-0.4, -0.2) is 9.97 Å². The van der Waals surface area contributed by atoms with Gasteiger partial charge in [0.05, 0.1) is 0 Å². The molecular weight excluding hydrogens is 192 g/mol. The molecule has 6 heteroatoms. The van der Waals surface area contributed by atoms with Gasteiger partial charge in [0.25, 0.3) is 5.56 Å². The van der Waals surface area contributed by atoms with Crippen molar-refractivity contribution in [2.45, 2.75) is 0 Å². The van der Waals surface area contributed by atoms with Crippen molar-refractivity contribution in [1.29, 1.82) is 0 Å². The number of fused-ring (bicyclic) bond motifs is 1. The summed E-state index contributed by atoms with van der Waals surface area (Å²) in [5, 5.41) is 0.271. The van der Waals surface area contributed by atoms with Crippen LogP contribution in [0.15, 0.2) is 26.1 Å². The van der Waals surface area contributed by atoms with Crippen molar-refractivity contribution in [2.24, 2.45) is 0 Å². The van der Waals surface area contributed by atoms with Crippen molar-refractivity contribution in [3.63, 3.8) is 0 Å². The first-order valence-corrected chi connectivity index (χ1v) is 3.84. The third-order valence-corrected chi connectivity index (χ3v) is 1.74. The van der Waals surface area contributed by atoms with Crippen LogP contribution in [-0.2, 0) is 0 Å². The first-order valence-electron chi connectivity index (χ1n) is 3.43. The Bertz CT molecular complexity index is 616. The minimum atomic E-state index is -0.524. The van der Waals surface area contributed by atoms with Gasteiger partial charge in [0, 0.05) is 6.07 Å². The van der Waals surface area contributed by atoms with E-state index < -0.39 is 5.63 Å². The Hall–Kier alpha value is -1.69. The normalized spacial score (nSPS) is 10.5. The van der Waals surface area contributed by atoms with E-state index in [2.05, 4.69) is 9.97 Å². The molecule has 0 bridgehead atoms. The zero-order chi connectivity index (χ0) is 9.42. The highest BCUT2D eigenvalue weighted by molar-refractivity contribution is 7.71. The van der Waals surface area contributed by atoms with Crippen molar-refractivity contribution in [2.75, 3.05) is 0 Å². The topological polar surface area (TPSA) is 78.9 Å². The minimum absolute atomic E-state index is 0.0984. The Kier molecular flexibility index (Phi) is 1.63. The molecule has 0 aliphatic carbocycles. The van der Waals surface area contributed by atoms with E-state index in [1.54, 1.807) is 0 Å². The molecule has 2 heterocycles. The van der Waals surface area contributed by atoms with Gasteiger partial charge in [-0.1, -0.05) is 0 Å². The lowest BCUT2D eigenvalue weighted by Gasteiger charge is -1.92. The molecule has 0 aliphatic heterocycles.